The van der Waals surface area contributed by atoms with Gasteiger partial charge >= 0.3 is 0 Å². The van der Waals surface area contributed by atoms with Crippen LogP contribution in [0.25, 0.3) is 11.0 Å². The molecule has 3 aromatic rings. The summed E-state index contributed by atoms with van der Waals surface area (Å²) >= 11 is 0. The maximum Gasteiger partial charge on any atom is 0.291 e. The van der Waals surface area contributed by atoms with Gasteiger partial charge in [0.25, 0.3) is 11.8 Å². The number of aryl methyl sites for hydroxylation is 1. The lowest BCUT2D eigenvalue weighted by molar-refractivity contribution is -0.125. The summed E-state index contributed by atoms with van der Waals surface area (Å²) in [4.78, 5) is 44.2. The van der Waals surface area contributed by atoms with E-state index < -0.39 is 11.4 Å². The van der Waals surface area contributed by atoms with Crippen molar-refractivity contribution in [3.05, 3.63) is 100 Å². The third-order valence-corrected chi connectivity index (χ3v) is 6.01. The Kier molecular flexibility index (Phi) is 4.02. The Labute approximate surface area is 178 Å². The van der Waals surface area contributed by atoms with E-state index in [2.05, 4.69) is 13.2 Å². The first-order valence-electron chi connectivity index (χ1n) is 10.00. The summed E-state index contributed by atoms with van der Waals surface area (Å²) in [5.74, 6) is -0.966. The summed E-state index contributed by atoms with van der Waals surface area (Å²) in [6.07, 6.45) is 3.17. The van der Waals surface area contributed by atoms with Gasteiger partial charge in [-0.25, -0.2) is 0 Å². The summed E-state index contributed by atoms with van der Waals surface area (Å²) in [5.41, 5.74) is 0.525. The Morgan fingerprint density at radius 2 is 1.77 bits per heavy atom. The van der Waals surface area contributed by atoms with Gasteiger partial charge in [0.05, 0.1) is 16.6 Å². The molecule has 3 heterocycles. The van der Waals surface area contributed by atoms with E-state index >= 15 is 0 Å². The largest absolute Gasteiger partial charge is 0.450 e. The predicted octanol–water partition coefficient (Wildman–Crippen LogP) is 3.52. The zero-order valence-corrected chi connectivity index (χ0v) is 17.1. The maximum absolute atomic E-state index is 14.0. The van der Waals surface area contributed by atoms with Crippen molar-refractivity contribution in [1.82, 2.24) is 4.90 Å². The van der Waals surface area contributed by atoms with Gasteiger partial charge < -0.3 is 14.2 Å². The van der Waals surface area contributed by atoms with Gasteiger partial charge in [0.2, 0.25) is 5.76 Å². The molecule has 5 rings (SSSR count). The number of anilines is 1. The topological polar surface area (TPSA) is 70.8 Å². The van der Waals surface area contributed by atoms with E-state index in [9.17, 15) is 14.4 Å². The number of benzene rings is 2. The van der Waals surface area contributed by atoms with E-state index in [-0.39, 0.29) is 35.7 Å². The quantitative estimate of drug-likeness (QED) is 0.615. The zero-order chi connectivity index (χ0) is 21.9. The van der Waals surface area contributed by atoms with Crippen LogP contribution in [0.5, 0.6) is 0 Å². The average molecular weight is 412 g/mol. The second kappa shape index (κ2) is 6.54. The lowest BCUT2D eigenvalue weighted by Gasteiger charge is -2.33. The van der Waals surface area contributed by atoms with Crippen molar-refractivity contribution < 1.29 is 14.0 Å². The van der Waals surface area contributed by atoms with Gasteiger partial charge in [0.15, 0.2) is 11.0 Å². The molecule has 0 bridgehead atoms. The molecular weight excluding hydrogens is 392 g/mol. The van der Waals surface area contributed by atoms with Crippen LogP contribution >= 0.6 is 0 Å². The molecule has 0 radical (unpaired) electrons. The lowest BCUT2D eigenvalue weighted by atomic mass is 9.84. The molecule has 0 aliphatic carbocycles. The van der Waals surface area contributed by atoms with E-state index in [0.717, 1.165) is 5.56 Å². The van der Waals surface area contributed by atoms with Gasteiger partial charge in [-0.1, -0.05) is 42.0 Å². The number of hydrogen-bond donors (Lipinski definition) is 0. The third-order valence-electron chi connectivity index (χ3n) is 6.01. The van der Waals surface area contributed by atoms with Crippen molar-refractivity contribution in [1.29, 1.82) is 0 Å². The van der Waals surface area contributed by atoms with Crippen LogP contribution in [-0.4, -0.2) is 29.8 Å². The molecule has 2 aromatic carbocycles. The Balaban J connectivity index is 1.95. The van der Waals surface area contributed by atoms with Crippen LogP contribution in [0.2, 0.25) is 0 Å². The third kappa shape index (κ3) is 2.24. The molecule has 6 nitrogen and oxygen atoms in total. The van der Waals surface area contributed by atoms with Crippen LogP contribution in [0.4, 0.5) is 5.69 Å². The number of hydrogen-bond acceptors (Lipinski definition) is 4. The Hall–Kier alpha value is -3.93. The monoisotopic (exact) mass is 412 g/mol. The smallest absolute Gasteiger partial charge is 0.291 e. The molecule has 0 saturated carbocycles. The molecular formula is C25H20N2O4. The maximum atomic E-state index is 14.0. The van der Waals surface area contributed by atoms with Crippen molar-refractivity contribution in [2.45, 2.75) is 12.5 Å². The molecule has 1 aromatic heterocycles. The van der Waals surface area contributed by atoms with Crippen LogP contribution in [0.1, 0.15) is 27.2 Å². The van der Waals surface area contributed by atoms with E-state index in [1.54, 1.807) is 41.3 Å². The van der Waals surface area contributed by atoms with Crippen LogP contribution in [0, 0.1) is 6.92 Å². The molecule has 0 N–H and O–H groups in total. The minimum Gasteiger partial charge on any atom is -0.450 e. The number of nitrogens with zero attached hydrogens (tertiary/aromatic N) is 2. The number of amides is 2. The number of fused-ring (bicyclic) bond motifs is 5. The molecule has 2 aliphatic rings. The SMILES string of the molecule is C=CCN1C(=O)C2(c3ccccc31)c1c(oc3ccc(C)cc3c1=O)C(=O)N2CC=C. The average Bonchev–Trinajstić information content (AvgIpc) is 3.15. The fourth-order valence-electron chi connectivity index (χ4n) is 4.79. The number of carbonyl (C=O) groups is 2. The minimum absolute atomic E-state index is 0.0708. The molecule has 0 fully saturated rings. The second-order valence-electron chi connectivity index (χ2n) is 7.77. The summed E-state index contributed by atoms with van der Waals surface area (Å²) in [6.45, 7) is 9.72. The van der Waals surface area contributed by atoms with Crippen LogP contribution in [0.3, 0.4) is 0 Å². The molecule has 31 heavy (non-hydrogen) atoms. The number of carbonyl (C=O) groups excluding carboxylic acids is 2. The molecule has 6 heteroatoms. The highest BCUT2D eigenvalue weighted by Crippen LogP contribution is 2.52. The molecule has 1 spiro atoms. The first kappa shape index (κ1) is 19.1. The molecule has 0 saturated heterocycles. The Morgan fingerprint density at radius 3 is 2.52 bits per heavy atom. The highest BCUT2D eigenvalue weighted by atomic mass is 16.3. The molecule has 2 amide bonds. The van der Waals surface area contributed by atoms with Crippen LogP contribution in [0.15, 0.2) is 77.0 Å². The van der Waals surface area contributed by atoms with E-state index in [1.165, 1.54) is 4.90 Å². The van der Waals surface area contributed by atoms with Gasteiger partial charge in [0, 0.05) is 18.7 Å². The van der Waals surface area contributed by atoms with E-state index in [1.807, 2.05) is 25.1 Å². The van der Waals surface area contributed by atoms with Crippen molar-refractivity contribution in [3.8, 4) is 0 Å². The fourth-order valence-corrected chi connectivity index (χ4v) is 4.79. The standard InChI is InChI=1S/C25H20N2O4/c1-4-12-26-18-9-7-6-8-17(18)25(24(26)30)20-21(28)16-14-15(3)10-11-19(16)31-22(20)23(29)27(25)13-5-2/h4-11,14H,1-2,12-13H2,3H3. The highest BCUT2D eigenvalue weighted by Gasteiger charge is 2.64. The summed E-state index contributed by atoms with van der Waals surface area (Å²) < 4.78 is 5.96. The molecule has 2 aliphatic heterocycles. The van der Waals surface area contributed by atoms with Crippen LogP contribution in [-0.2, 0) is 10.3 Å². The number of para-hydroxylation sites is 1. The lowest BCUT2D eigenvalue weighted by Crippen LogP contribution is -2.53. The van der Waals surface area contributed by atoms with Crippen LogP contribution < -0.4 is 10.3 Å². The first-order chi connectivity index (χ1) is 15.0. The number of rotatable bonds is 4. The van der Waals surface area contributed by atoms with Gasteiger partial charge in [-0.15, -0.1) is 13.2 Å². The molecule has 1 atom stereocenters. The summed E-state index contributed by atoms with van der Waals surface area (Å²) in [7, 11) is 0. The Morgan fingerprint density at radius 1 is 1.03 bits per heavy atom. The predicted molar refractivity (Wildman–Crippen MR) is 118 cm³/mol. The second-order valence-corrected chi connectivity index (χ2v) is 7.77. The summed E-state index contributed by atoms with van der Waals surface area (Å²) in [6, 6.07) is 12.4. The van der Waals surface area contributed by atoms with E-state index in [0.29, 0.717) is 22.2 Å². The van der Waals surface area contributed by atoms with E-state index in [4.69, 9.17) is 4.42 Å². The van der Waals surface area contributed by atoms with Gasteiger partial charge in [-0.05, 0) is 25.1 Å². The molecule has 154 valence electrons. The minimum atomic E-state index is -1.60. The molecule has 1 unspecified atom stereocenters. The zero-order valence-electron chi connectivity index (χ0n) is 17.1. The first-order valence-corrected chi connectivity index (χ1v) is 10.00. The Bertz CT molecular complexity index is 1370. The summed E-state index contributed by atoms with van der Waals surface area (Å²) in [5, 5.41) is 0.346. The van der Waals surface area contributed by atoms with Gasteiger partial charge in [-0.3, -0.25) is 14.4 Å². The fraction of sp³-hybridized carbons (Fsp3) is 0.160. The normalized spacial score (nSPS) is 19.3. The van der Waals surface area contributed by atoms with Gasteiger partial charge in [-0.2, -0.15) is 0 Å². The van der Waals surface area contributed by atoms with Crippen molar-refractivity contribution in [2.24, 2.45) is 0 Å². The van der Waals surface area contributed by atoms with Gasteiger partial charge in [0.1, 0.15) is 5.58 Å². The van der Waals surface area contributed by atoms with Crippen molar-refractivity contribution >= 4 is 28.5 Å². The van der Waals surface area contributed by atoms with Crippen molar-refractivity contribution in [3.63, 3.8) is 0 Å². The highest BCUT2D eigenvalue weighted by molar-refractivity contribution is 6.17. The van der Waals surface area contributed by atoms with Crippen molar-refractivity contribution in [2.75, 3.05) is 18.0 Å².